The van der Waals surface area contributed by atoms with Gasteiger partial charge in [-0.2, -0.15) is 0 Å². The molecule has 0 heterocycles. The molecule has 0 saturated carbocycles. The third-order valence-electron chi connectivity index (χ3n) is 10.7. The maximum atomic E-state index is 5.30. The highest BCUT2D eigenvalue weighted by molar-refractivity contribution is 6.09. The molecule has 0 spiro atoms. The van der Waals surface area contributed by atoms with Crippen molar-refractivity contribution in [1.82, 2.24) is 0 Å². The summed E-state index contributed by atoms with van der Waals surface area (Å²) in [6.07, 6.45) is 10.2. The zero-order chi connectivity index (χ0) is 41.0. The van der Waals surface area contributed by atoms with Crippen molar-refractivity contribution >= 4 is 38.5 Å². The number of allylic oxidation sites excluding steroid dienone is 7. The van der Waals surface area contributed by atoms with Crippen LogP contribution in [-0.2, 0) is 12.8 Å². The lowest BCUT2D eigenvalue weighted by molar-refractivity contribution is 1.13. The lowest BCUT2D eigenvalue weighted by atomic mass is 9.89. The van der Waals surface area contributed by atoms with Crippen LogP contribution >= 0.6 is 0 Å². The van der Waals surface area contributed by atoms with Crippen molar-refractivity contribution in [1.29, 1.82) is 0 Å². The standard InChI is InChI=1S/C42H37N.C15H18/c1-6-32-26-36(35-17-12-13-28(2)25-35)21-23-39(32)29(3)30(4)42(43-31(5)33-14-8-7-9-15-33)38-22-24-41-37(27-38)20-19-34-16-10-11-18-40(34)41;1-13(2)9-5-4-6-11-15-12-8-7-10-14(15)3/h7-27H,3,6H2,1-2,4-5H3;4-10,12H,1,11H2,2-3H3/b42-30-,43-31?;6-4-,9-5-. The van der Waals surface area contributed by atoms with Crippen LogP contribution in [0, 0.1) is 13.8 Å². The van der Waals surface area contributed by atoms with Gasteiger partial charge < -0.3 is 0 Å². The number of fused-ring (bicyclic) bond motifs is 3. The quantitative estimate of drug-likeness (QED) is 0.0709. The summed E-state index contributed by atoms with van der Waals surface area (Å²) in [4.78, 5) is 5.30. The average molecular weight is 754 g/mol. The average Bonchev–Trinajstić information content (AvgIpc) is 3.25. The molecule has 0 radical (unpaired) electrons. The Bertz CT molecular complexity index is 2700. The predicted molar refractivity (Wildman–Crippen MR) is 256 cm³/mol. The molecule has 0 aromatic heterocycles. The van der Waals surface area contributed by atoms with E-state index in [0.717, 1.165) is 52.1 Å². The Kier molecular flexibility index (Phi) is 13.8. The lowest BCUT2D eigenvalue weighted by Gasteiger charge is -2.17. The Morgan fingerprint density at radius 2 is 1.29 bits per heavy atom. The van der Waals surface area contributed by atoms with Crippen LogP contribution < -0.4 is 0 Å². The molecule has 0 unspecified atom stereocenters. The van der Waals surface area contributed by atoms with Gasteiger partial charge in [0, 0.05) is 11.3 Å². The summed E-state index contributed by atoms with van der Waals surface area (Å²) < 4.78 is 0. The van der Waals surface area contributed by atoms with Gasteiger partial charge in [0.25, 0.3) is 0 Å². The van der Waals surface area contributed by atoms with Crippen LogP contribution in [-0.4, -0.2) is 5.71 Å². The first-order chi connectivity index (χ1) is 28.1. The molecule has 0 aliphatic rings. The predicted octanol–water partition coefficient (Wildman–Crippen LogP) is 15.7. The third kappa shape index (κ3) is 10.2. The summed E-state index contributed by atoms with van der Waals surface area (Å²) in [7, 11) is 0. The minimum absolute atomic E-state index is 0.923. The van der Waals surface area contributed by atoms with E-state index in [2.05, 4.69) is 206 Å². The first-order valence-electron chi connectivity index (χ1n) is 20.3. The molecule has 7 aromatic rings. The van der Waals surface area contributed by atoms with E-state index in [9.17, 15) is 0 Å². The minimum atomic E-state index is 0.923. The summed E-state index contributed by atoms with van der Waals surface area (Å²) in [6.45, 7) is 21.2. The molecule has 1 nitrogen and oxygen atoms in total. The second-order valence-electron chi connectivity index (χ2n) is 15.1. The molecular weight excluding hydrogens is 699 g/mol. The summed E-state index contributed by atoms with van der Waals surface area (Å²) in [5, 5.41) is 4.98. The van der Waals surface area contributed by atoms with Crippen molar-refractivity contribution in [2.75, 3.05) is 0 Å². The molecule has 0 saturated heterocycles. The van der Waals surface area contributed by atoms with Gasteiger partial charge in [-0.05, 0) is 125 Å². The van der Waals surface area contributed by atoms with E-state index in [4.69, 9.17) is 4.99 Å². The molecule has 0 bridgehead atoms. The largest absolute Gasteiger partial charge is 0.252 e. The van der Waals surface area contributed by atoms with Gasteiger partial charge in [0.15, 0.2) is 0 Å². The zero-order valence-electron chi connectivity index (χ0n) is 35.0. The Morgan fingerprint density at radius 3 is 2.05 bits per heavy atom. The van der Waals surface area contributed by atoms with Gasteiger partial charge in [-0.1, -0.05) is 201 Å². The van der Waals surface area contributed by atoms with E-state index in [1.165, 1.54) is 60.5 Å². The molecule has 0 fully saturated rings. The van der Waals surface area contributed by atoms with Crippen LogP contribution in [0.4, 0.5) is 0 Å². The molecule has 0 amide bonds. The van der Waals surface area contributed by atoms with Crippen molar-refractivity contribution in [3.05, 3.63) is 239 Å². The topological polar surface area (TPSA) is 12.4 Å². The van der Waals surface area contributed by atoms with Crippen molar-refractivity contribution < 1.29 is 0 Å². The Hall–Kier alpha value is -6.57. The number of benzene rings is 7. The van der Waals surface area contributed by atoms with Crippen LogP contribution in [0.2, 0.25) is 0 Å². The van der Waals surface area contributed by atoms with Gasteiger partial charge in [0.2, 0.25) is 0 Å². The molecule has 58 heavy (non-hydrogen) atoms. The van der Waals surface area contributed by atoms with Gasteiger partial charge in [-0.15, -0.1) is 0 Å². The van der Waals surface area contributed by atoms with Crippen LogP contribution in [0.5, 0.6) is 0 Å². The fourth-order valence-corrected chi connectivity index (χ4v) is 7.30. The Morgan fingerprint density at radius 1 is 0.586 bits per heavy atom. The zero-order valence-corrected chi connectivity index (χ0v) is 35.0. The summed E-state index contributed by atoms with van der Waals surface area (Å²) in [5.74, 6) is 0. The normalized spacial score (nSPS) is 12.1. The first kappa shape index (κ1) is 41.1. The maximum absolute atomic E-state index is 5.30. The number of nitrogens with zero attached hydrogens (tertiary/aromatic N) is 1. The number of hydrogen-bond donors (Lipinski definition) is 0. The number of rotatable bonds is 11. The number of aryl methyl sites for hydroxylation is 3. The number of hydrogen-bond acceptors (Lipinski definition) is 1. The van der Waals surface area contributed by atoms with Gasteiger partial charge in [-0.3, -0.25) is 4.99 Å². The van der Waals surface area contributed by atoms with E-state index in [0.29, 0.717) is 0 Å². The Balaban J connectivity index is 0.000000319. The van der Waals surface area contributed by atoms with Crippen LogP contribution in [0.15, 0.2) is 205 Å². The van der Waals surface area contributed by atoms with E-state index in [-0.39, 0.29) is 0 Å². The van der Waals surface area contributed by atoms with Gasteiger partial charge in [-0.25, -0.2) is 0 Å². The molecule has 0 aliphatic heterocycles. The van der Waals surface area contributed by atoms with Crippen LogP contribution in [0.25, 0.3) is 43.9 Å². The second-order valence-corrected chi connectivity index (χ2v) is 15.1. The molecule has 288 valence electrons. The number of aliphatic imine (C=N–C) groups is 1. The smallest absolute Gasteiger partial charge is 0.0740 e. The van der Waals surface area contributed by atoms with E-state index in [1.54, 1.807) is 0 Å². The van der Waals surface area contributed by atoms with Crippen molar-refractivity contribution in [2.45, 2.75) is 54.4 Å². The summed E-state index contributed by atoms with van der Waals surface area (Å²) in [6, 6.07) is 54.1. The van der Waals surface area contributed by atoms with Crippen molar-refractivity contribution in [3.8, 4) is 11.1 Å². The fraction of sp³-hybridized carbons (Fsp3) is 0.140. The van der Waals surface area contributed by atoms with E-state index < -0.39 is 0 Å². The maximum Gasteiger partial charge on any atom is 0.0740 e. The van der Waals surface area contributed by atoms with Crippen molar-refractivity contribution in [3.63, 3.8) is 0 Å². The van der Waals surface area contributed by atoms with Gasteiger partial charge in [0.05, 0.1) is 5.70 Å². The molecule has 0 atom stereocenters. The van der Waals surface area contributed by atoms with Gasteiger partial charge in [0.1, 0.15) is 0 Å². The molecule has 7 aromatic carbocycles. The first-order valence-corrected chi connectivity index (χ1v) is 20.3. The minimum Gasteiger partial charge on any atom is -0.252 e. The molecule has 1 heteroatoms. The summed E-state index contributed by atoms with van der Waals surface area (Å²) >= 11 is 0. The highest BCUT2D eigenvalue weighted by Crippen LogP contribution is 2.36. The van der Waals surface area contributed by atoms with Gasteiger partial charge >= 0.3 is 0 Å². The highest BCUT2D eigenvalue weighted by Gasteiger charge is 2.15. The molecular formula is C57H55N. The Labute approximate surface area is 346 Å². The SMILES string of the molecule is C=C(/C(C)=C(\N=C(C)c1ccccc1)c1ccc2c(ccc3ccccc32)c1)c1ccc(-c2cccc(C)c2)cc1CC.C=C(C)/C=C\C=C/Cc1ccccc1C. The van der Waals surface area contributed by atoms with Crippen LogP contribution in [0.3, 0.4) is 0 Å². The van der Waals surface area contributed by atoms with E-state index >= 15 is 0 Å². The molecule has 7 rings (SSSR count). The molecule has 0 aliphatic carbocycles. The lowest BCUT2D eigenvalue weighted by Crippen LogP contribution is -2.00. The van der Waals surface area contributed by atoms with E-state index in [1.807, 2.05) is 25.1 Å². The summed E-state index contributed by atoms with van der Waals surface area (Å²) in [5.41, 5.74) is 16.2. The third-order valence-corrected chi connectivity index (χ3v) is 10.7. The van der Waals surface area contributed by atoms with Crippen LogP contribution in [0.1, 0.15) is 66.6 Å². The monoisotopic (exact) mass is 753 g/mol. The second kappa shape index (κ2) is 19.5. The molecule has 0 N–H and O–H groups in total. The van der Waals surface area contributed by atoms with Crippen molar-refractivity contribution in [2.24, 2.45) is 4.99 Å². The fourth-order valence-electron chi connectivity index (χ4n) is 7.30. The highest BCUT2D eigenvalue weighted by atomic mass is 14.8.